The van der Waals surface area contributed by atoms with Gasteiger partial charge in [-0.05, 0) is 103 Å². The lowest BCUT2D eigenvalue weighted by atomic mass is 9.67. The Balaban J connectivity index is 1.16. The van der Waals surface area contributed by atoms with Crippen molar-refractivity contribution in [3.05, 3.63) is 305 Å². The van der Waals surface area contributed by atoms with E-state index < -0.39 is 10.8 Å². The van der Waals surface area contributed by atoms with Crippen LogP contribution in [0, 0.1) is 0 Å². The smallest absolute Gasteiger partial charge is 0.0734 e. The van der Waals surface area contributed by atoms with Crippen LogP contribution in [-0.4, -0.2) is 0 Å². The quantitative estimate of drug-likeness (QED) is 0.148. The molecule has 0 fully saturated rings. The molecule has 0 spiro atoms. The highest BCUT2D eigenvalue weighted by Gasteiger charge is 2.49. The molecule has 12 rings (SSSR count). The molecule has 0 bridgehead atoms. The van der Waals surface area contributed by atoms with Gasteiger partial charge in [0.2, 0.25) is 0 Å². The van der Waals surface area contributed by atoms with E-state index in [1.807, 2.05) is 0 Å². The van der Waals surface area contributed by atoms with Gasteiger partial charge in [0.1, 0.15) is 0 Å². The predicted octanol–water partition coefficient (Wildman–Crippen LogP) is 15.5. The van der Waals surface area contributed by atoms with Gasteiger partial charge in [-0.1, -0.05) is 231 Å². The van der Waals surface area contributed by atoms with Gasteiger partial charge in [-0.2, -0.15) is 0 Å². The van der Waals surface area contributed by atoms with E-state index in [1.54, 1.807) is 0 Å². The molecule has 0 radical (unpaired) electrons. The first kappa shape index (κ1) is 36.8. The van der Waals surface area contributed by atoms with Crippen molar-refractivity contribution in [3.8, 4) is 33.4 Å². The Morgan fingerprint density at radius 2 is 0.651 bits per heavy atom. The van der Waals surface area contributed by atoms with Crippen molar-refractivity contribution in [1.29, 1.82) is 0 Å². The summed E-state index contributed by atoms with van der Waals surface area (Å²) in [6.07, 6.45) is 0. The van der Waals surface area contributed by atoms with Crippen molar-refractivity contribution in [2.45, 2.75) is 10.8 Å². The third-order valence-corrected chi connectivity index (χ3v) is 13.6. The Morgan fingerprint density at radius 1 is 0.254 bits per heavy atom. The van der Waals surface area contributed by atoms with Crippen LogP contribution in [0.2, 0.25) is 0 Å². The average molecular weight is 802 g/mol. The summed E-state index contributed by atoms with van der Waals surface area (Å²) in [5.74, 6) is 0. The first-order chi connectivity index (χ1) is 31.3. The number of anilines is 3. The monoisotopic (exact) mass is 801 g/mol. The Bertz CT molecular complexity index is 3170. The zero-order valence-corrected chi connectivity index (χ0v) is 34.8. The molecular formula is C62H43N. The van der Waals surface area contributed by atoms with E-state index in [1.165, 1.54) is 77.9 Å². The lowest BCUT2D eigenvalue weighted by molar-refractivity contribution is 0.767. The van der Waals surface area contributed by atoms with Crippen LogP contribution in [0.25, 0.3) is 33.4 Å². The SMILES string of the molecule is c1ccc(-c2ccc(N(c3ccc4c(c3)-c3ccccc3C4(c3ccccc3)c3ccccc3)c3cccc4c3C(c3ccccc3)(c3ccccc3)c3ccccc3-4)cc2)cc1. The first-order valence-electron chi connectivity index (χ1n) is 21.9. The van der Waals surface area contributed by atoms with Gasteiger partial charge >= 0.3 is 0 Å². The zero-order valence-electron chi connectivity index (χ0n) is 34.8. The van der Waals surface area contributed by atoms with Crippen LogP contribution in [0.5, 0.6) is 0 Å². The zero-order chi connectivity index (χ0) is 41.8. The van der Waals surface area contributed by atoms with Crippen molar-refractivity contribution < 1.29 is 0 Å². The summed E-state index contributed by atoms with van der Waals surface area (Å²) >= 11 is 0. The van der Waals surface area contributed by atoms with Crippen molar-refractivity contribution >= 4 is 17.1 Å². The fourth-order valence-electron chi connectivity index (χ4n) is 11.1. The molecule has 0 saturated carbocycles. The van der Waals surface area contributed by atoms with Crippen LogP contribution in [0.1, 0.15) is 44.5 Å². The highest BCUT2D eigenvalue weighted by atomic mass is 15.1. The third-order valence-electron chi connectivity index (χ3n) is 13.6. The number of benzene rings is 10. The Hall–Kier alpha value is -8.00. The molecule has 0 unspecified atom stereocenters. The van der Waals surface area contributed by atoms with E-state index in [0.717, 1.165) is 17.1 Å². The number of hydrogen-bond acceptors (Lipinski definition) is 1. The molecule has 63 heavy (non-hydrogen) atoms. The lowest BCUT2D eigenvalue weighted by Gasteiger charge is -2.38. The first-order valence-corrected chi connectivity index (χ1v) is 21.9. The van der Waals surface area contributed by atoms with E-state index in [2.05, 4.69) is 266 Å². The number of fused-ring (bicyclic) bond motifs is 6. The molecule has 1 nitrogen and oxygen atoms in total. The topological polar surface area (TPSA) is 3.24 Å². The molecule has 0 amide bonds. The molecule has 296 valence electrons. The van der Waals surface area contributed by atoms with Crippen molar-refractivity contribution in [1.82, 2.24) is 0 Å². The summed E-state index contributed by atoms with van der Waals surface area (Å²) in [6.45, 7) is 0. The van der Waals surface area contributed by atoms with Gasteiger partial charge in [-0.15, -0.1) is 0 Å². The predicted molar refractivity (Wildman–Crippen MR) is 261 cm³/mol. The summed E-state index contributed by atoms with van der Waals surface area (Å²) in [4.78, 5) is 2.52. The second kappa shape index (κ2) is 14.9. The van der Waals surface area contributed by atoms with Gasteiger partial charge in [0, 0.05) is 16.9 Å². The fraction of sp³-hybridized carbons (Fsp3) is 0.0323. The highest BCUT2D eigenvalue weighted by Crippen LogP contribution is 2.61. The molecule has 0 heterocycles. The van der Waals surface area contributed by atoms with E-state index in [0.29, 0.717) is 0 Å². The second-order valence-electron chi connectivity index (χ2n) is 16.7. The Kier molecular flexibility index (Phi) is 8.69. The minimum Gasteiger partial charge on any atom is -0.310 e. The molecular weight excluding hydrogens is 759 g/mol. The third kappa shape index (κ3) is 5.50. The number of hydrogen-bond donors (Lipinski definition) is 0. The van der Waals surface area contributed by atoms with Crippen LogP contribution in [-0.2, 0) is 10.8 Å². The van der Waals surface area contributed by atoms with Crippen LogP contribution in [0.3, 0.4) is 0 Å². The molecule has 0 atom stereocenters. The molecule has 0 aromatic heterocycles. The van der Waals surface area contributed by atoms with Gasteiger partial charge < -0.3 is 4.90 Å². The summed E-state index contributed by atoms with van der Waals surface area (Å²) in [5.41, 5.74) is 19.8. The van der Waals surface area contributed by atoms with E-state index in [9.17, 15) is 0 Å². The van der Waals surface area contributed by atoms with Crippen LogP contribution >= 0.6 is 0 Å². The molecule has 10 aromatic rings. The minimum atomic E-state index is -0.591. The maximum absolute atomic E-state index is 2.52. The Labute approximate surface area is 369 Å². The second-order valence-corrected chi connectivity index (χ2v) is 16.7. The molecule has 2 aliphatic carbocycles. The number of nitrogens with zero attached hydrogens (tertiary/aromatic N) is 1. The molecule has 0 N–H and O–H groups in total. The van der Waals surface area contributed by atoms with E-state index in [-0.39, 0.29) is 0 Å². The van der Waals surface area contributed by atoms with Gasteiger partial charge in [0.15, 0.2) is 0 Å². The maximum Gasteiger partial charge on any atom is 0.0734 e. The summed E-state index contributed by atoms with van der Waals surface area (Å²) in [7, 11) is 0. The minimum absolute atomic E-state index is 0.486. The molecule has 1 heteroatoms. The average Bonchev–Trinajstić information content (AvgIpc) is 3.85. The molecule has 10 aromatic carbocycles. The normalized spacial score (nSPS) is 13.7. The highest BCUT2D eigenvalue weighted by molar-refractivity contribution is 5.96. The van der Waals surface area contributed by atoms with Crippen molar-refractivity contribution in [2.24, 2.45) is 0 Å². The summed E-state index contributed by atoms with van der Waals surface area (Å²) in [5, 5.41) is 0. The van der Waals surface area contributed by atoms with Crippen LogP contribution in [0.15, 0.2) is 261 Å². The van der Waals surface area contributed by atoms with Gasteiger partial charge in [0.25, 0.3) is 0 Å². The van der Waals surface area contributed by atoms with Crippen molar-refractivity contribution in [2.75, 3.05) is 4.90 Å². The van der Waals surface area contributed by atoms with Crippen LogP contribution < -0.4 is 4.90 Å². The number of rotatable bonds is 8. The molecule has 0 aliphatic heterocycles. The fourth-order valence-corrected chi connectivity index (χ4v) is 11.1. The van der Waals surface area contributed by atoms with Crippen LogP contribution in [0.4, 0.5) is 17.1 Å². The lowest BCUT2D eigenvalue weighted by Crippen LogP contribution is -2.30. The molecule has 2 aliphatic rings. The van der Waals surface area contributed by atoms with Gasteiger partial charge in [-0.3, -0.25) is 0 Å². The summed E-state index contributed by atoms with van der Waals surface area (Å²) in [6, 6.07) is 96.5. The summed E-state index contributed by atoms with van der Waals surface area (Å²) < 4.78 is 0. The maximum atomic E-state index is 2.52. The van der Waals surface area contributed by atoms with E-state index >= 15 is 0 Å². The van der Waals surface area contributed by atoms with Gasteiger partial charge in [0.05, 0.1) is 16.5 Å². The van der Waals surface area contributed by atoms with Crippen molar-refractivity contribution in [3.63, 3.8) is 0 Å². The standard InChI is InChI=1S/C62H43N/c1-6-21-44(22-7-1)45-37-39-50(40-38-45)63(51-41-42-58-55(43-51)53-32-17-18-34-56(53)61(58,46-23-8-2-9-24-46)47-25-10-3-11-26-47)59-36-20-33-54-52-31-16-19-35-57(52)62(60(54)59,48-27-12-4-13-28-48)49-29-14-5-15-30-49/h1-43H. The van der Waals surface area contributed by atoms with E-state index in [4.69, 9.17) is 0 Å². The largest absolute Gasteiger partial charge is 0.310 e. The van der Waals surface area contributed by atoms with Gasteiger partial charge in [-0.25, -0.2) is 0 Å². The Morgan fingerprint density at radius 3 is 1.21 bits per heavy atom. The molecule has 0 saturated heterocycles.